The number of esters is 1. The maximum absolute atomic E-state index is 14.2. The number of amides is 1. The number of hydrogen-bond acceptors (Lipinski definition) is 8. The first-order valence-electron chi connectivity index (χ1n) is 13.3. The standard InChI is InChI=1S/C28H25F2N7O5/c1-42-27(40)16-3-2-4-20(11-16)36-24-21(12-17(29)13-31-24)26(39)37(28(36)41)19-7-5-18(6-8-19)32-25(38)22-14-34-15-35(30)10-9-23(34)33-22/h2-4,9-14,18-19H,5-8,15H2,1H3,(H,32,38)/p+1. The number of nitrogens with one attached hydrogen (secondary N) is 2. The molecule has 1 amide bonds. The highest BCUT2D eigenvalue weighted by Crippen LogP contribution is 2.28. The van der Waals surface area contributed by atoms with Crippen molar-refractivity contribution in [1.82, 2.24) is 24.6 Å². The van der Waals surface area contributed by atoms with Crippen LogP contribution in [0.3, 0.4) is 0 Å². The predicted octanol–water partition coefficient (Wildman–Crippen LogP) is 0.883. The van der Waals surface area contributed by atoms with Crippen LogP contribution in [-0.4, -0.2) is 56.8 Å². The number of carbonyl (C=O) groups excluding carboxylic acids is 2. The van der Waals surface area contributed by atoms with Gasteiger partial charge in [-0.25, -0.2) is 28.4 Å². The van der Waals surface area contributed by atoms with Crippen LogP contribution in [0.5, 0.6) is 0 Å². The summed E-state index contributed by atoms with van der Waals surface area (Å²) in [5.41, 5.74) is -0.749. The summed E-state index contributed by atoms with van der Waals surface area (Å²) in [6, 6.07) is 6.39. The number of aromatic nitrogens is 3. The molecule has 3 aliphatic rings. The zero-order valence-corrected chi connectivity index (χ0v) is 22.4. The lowest BCUT2D eigenvalue weighted by atomic mass is 9.90. The molecule has 1 aliphatic carbocycles. The maximum Gasteiger partial charge on any atom is 0.337 e. The van der Waals surface area contributed by atoms with Gasteiger partial charge in [0.2, 0.25) is 5.84 Å². The molecule has 1 atom stereocenters. The van der Waals surface area contributed by atoms with E-state index < -0.39 is 29.1 Å². The fraction of sp³-hybridized carbons (Fsp3) is 0.286. The van der Waals surface area contributed by atoms with Crippen molar-refractivity contribution in [3.63, 3.8) is 0 Å². The van der Waals surface area contributed by atoms with Crippen LogP contribution in [0.4, 0.5) is 8.87 Å². The van der Waals surface area contributed by atoms with Crippen molar-refractivity contribution in [1.29, 1.82) is 0 Å². The van der Waals surface area contributed by atoms with E-state index in [0.29, 0.717) is 41.5 Å². The van der Waals surface area contributed by atoms with E-state index >= 15 is 0 Å². The van der Waals surface area contributed by atoms with Gasteiger partial charge in [0.05, 0.1) is 29.9 Å². The van der Waals surface area contributed by atoms with E-state index in [-0.39, 0.29) is 46.6 Å². The van der Waals surface area contributed by atoms with Gasteiger partial charge in [-0.1, -0.05) is 10.5 Å². The largest absolute Gasteiger partial charge is 0.465 e. The van der Waals surface area contributed by atoms with Gasteiger partial charge in [0.25, 0.3) is 11.5 Å². The van der Waals surface area contributed by atoms with E-state index in [1.807, 2.05) is 0 Å². The number of pyridine rings is 1. The molecule has 0 saturated heterocycles. The molecular formula is C28H26F2N7O5+. The molecule has 2 N–H and O–H groups in total. The van der Waals surface area contributed by atoms with Gasteiger partial charge in [-0.05, 0) is 49.9 Å². The number of halogens is 2. The lowest BCUT2D eigenvalue weighted by Crippen LogP contribution is -3.11. The Morgan fingerprint density at radius 2 is 1.93 bits per heavy atom. The van der Waals surface area contributed by atoms with Gasteiger partial charge in [-0.2, -0.15) is 10.1 Å². The topological polar surface area (TPSA) is 132 Å². The lowest BCUT2D eigenvalue weighted by Gasteiger charge is -2.30. The zero-order chi connectivity index (χ0) is 29.5. The SMILES string of the molecule is COC(=O)c1cccc(-n2c(=O)n(C3CCC(NC(=O)C4=C[NH+]5CN(F)C=CC5=N4)CC3)c(=O)c3cc(F)cnc32)c1. The van der Waals surface area contributed by atoms with Crippen molar-refractivity contribution in [2.45, 2.75) is 37.8 Å². The molecule has 12 nitrogen and oxygen atoms in total. The first-order chi connectivity index (χ1) is 20.2. The first kappa shape index (κ1) is 27.2. The van der Waals surface area contributed by atoms with Crippen LogP contribution in [-0.2, 0) is 9.53 Å². The number of nitrogens with zero attached hydrogens (tertiary/aromatic N) is 5. The van der Waals surface area contributed by atoms with Gasteiger partial charge < -0.3 is 10.1 Å². The van der Waals surface area contributed by atoms with Crippen molar-refractivity contribution in [2.75, 3.05) is 13.8 Å². The van der Waals surface area contributed by atoms with E-state index in [4.69, 9.17) is 4.74 Å². The Morgan fingerprint density at radius 3 is 2.69 bits per heavy atom. The average Bonchev–Trinajstić information content (AvgIpc) is 3.42. The number of hydrogen-bond donors (Lipinski definition) is 2. The van der Waals surface area contributed by atoms with Crippen LogP contribution in [0.25, 0.3) is 16.7 Å². The molecule has 216 valence electrons. The summed E-state index contributed by atoms with van der Waals surface area (Å²) in [7, 11) is 1.24. The van der Waals surface area contributed by atoms with Gasteiger partial charge >= 0.3 is 11.7 Å². The van der Waals surface area contributed by atoms with Crippen molar-refractivity contribution >= 4 is 28.7 Å². The molecule has 1 saturated carbocycles. The van der Waals surface area contributed by atoms with Crippen LogP contribution in [0, 0.1) is 5.82 Å². The number of amidine groups is 1. The summed E-state index contributed by atoms with van der Waals surface area (Å²) in [6.07, 6.45) is 6.95. The molecular weight excluding hydrogens is 552 g/mol. The normalized spacial score (nSPS) is 21.5. The van der Waals surface area contributed by atoms with E-state index in [1.165, 1.54) is 36.1 Å². The quantitative estimate of drug-likeness (QED) is 0.340. The highest BCUT2D eigenvalue weighted by atomic mass is 19.2. The maximum atomic E-state index is 14.2. The number of aliphatic imine (C=N–C) groups is 1. The Labute approximate surface area is 236 Å². The molecule has 3 aromatic rings. The molecule has 6 rings (SSSR count). The second kappa shape index (κ2) is 10.8. The molecule has 0 spiro atoms. The summed E-state index contributed by atoms with van der Waals surface area (Å²) in [4.78, 5) is 61.3. The fourth-order valence-electron chi connectivity index (χ4n) is 5.59. The minimum absolute atomic E-state index is 0.0155. The Bertz CT molecular complexity index is 1820. The summed E-state index contributed by atoms with van der Waals surface area (Å²) in [6.45, 7) is 0.0155. The monoisotopic (exact) mass is 578 g/mol. The third kappa shape index (κ3) is 4.89. The van der Waals surface area contributed by atoms with E-state index in [2.05, 4.69) is 15.3 Å². The smallest absolute Gasteiger partial charge is 0.337 e. The molecule has 2 aliphatic heterocycles. The van der Waals surface area contributed by atoms with Crippen LogP contribution < -0.4 is 21.5 Å². The van der Waals surface area contributed by atoms with Crippen molar-refractivity contribution < 1.29 is 28.1 Å². The van der Waals surface area contributed by atoms with Gasteiger partial charge in [0.15, 0.2) is 18.0 Å². The van der Waals surface area contributed by atoms with Crippen LogP contribution in [0.2, 0.25) is 0 Å². The Morgan fingerprint density at radius 1 is 1.14 bits per heavy atom. The summed E-state index contributed by atoms with van der Waals surface area (Å²) >= 11 is 0. The molecule has 2 aromatic heterocycles. The highest BCUT2D eigenvalue weighted by molar-refractivity contribution is 5.99. The predicted molar refractivity (Wildman–Crippen MR) is 146 cm³/mol. The number of fused-ring (bicyclic) bond motifs is 2. The Kier molecular flexibility index (Phi) is 6.98. The summed E-state index contributed by atoms with van der Waals surface area (Å²) in [5.74, 6) is -1.18. The minimum atomic E-state index is -0.733. The number of rotatable bonds is 5. The van der Waals surface area contributed by atoms with Crippen molar-refractivity contribution in [3.05, 3.63) is 92.9 Å². The summed E-state index contributed by atoms with van der Waals surface area (Å²) in [5, 5.41) is 3.37. The molecule has 1 fully saturated rings. The number of quaternary nitrogens is 1. The van der Waals surface area contributed by atoms with Gasteiger partial charge in [-0.3, -0.25) is 14.2 Å². The molecule has 1 unspecified atom stereocenters. The van der Waals surface area contributed by atoms with Crippen molar-refractivity contribution in [3.8, 4) is 5.69 Å². The van der Waals surface area contributed by atoms with Crippen LogP contribution in [0.1, 0.15) is 42.1 Å². The number of ether oxygens (including phenoxy) is 1. The Hall–Kier alpha value is -4.98. The van der Waals surface area contributed by atoms with Crippen LogP contribution in [0.15, 0.2) is 75.3 Å². The van der Waals surface area contributed by atoms with Crippen molar-refractivity contribution in [2.24, 2.45) is 4.99 Å². The first-order valence-corrected chi connectivity index (χ1v) is 13.3. The van der Waals surface area contributed by atoms with Crippen LogP contribution >= 0.6 is 0 Å². The second-order valence-electron chi connectivity index (χ2n) is 10.3. The third-order valence-corrected chi connectivity index (χ3v) is 7.64. The fourth-order valence-corrected chi connectivity index (χ4v) is 5.59. The summed E-state index contributed by atoms with van der Waals surface area (Å²) < 4.78 is 34.8. The highest BCUT2D eigenvalue weighted by Gasteiger charge is 2.32. The van der Waals surface area contributed by atoms with E-state index in [1.54, 1.807) is 18.3 Å². The van der Waals surface area contributed by atoms with E-state index in [0.717, 1.165) is 16.8 Å². The molecule has 1 aromatic carbocycles. The lowest BCUT2D eigenvalue weighted by molar-refractivity contribution is -0.763. The number of methoxy groups -OCH3 is 1. The molecule has 0 bridgehead atoms. The van der Waals surface area contributed by atoms with Gasteiger partial charge in [0.1, 0.15) is 12.0 Å². The number of benzene rings is 1. The van der Waals surface area contributed by atoms with Gasteiger partial charge in [-0.15, -0.1) is 0 Å². The minimum Gasteiger partial charge on any atom is -0.465 e. The average molecular weight is 579 g/mol. The zero-order valence-electron chi connectivity index (χ0n) is 22.4. The number of carbonyl (C=O) groups is 2. The third-order valence-electron chi connectivity index (χ3n) is 7.64. The Balaban J connectivity index is 1.27. The molecule has 14 heteroatoms. The molecule has 42 heavy (non-hydrogen) atoms. The van der Waals surface area contributed by atoms with E-state index in [9.17, 15) is 28.0 Å². The van der Waals surface area contributed by atoms with Gasteiger partial charge in [0, 0.05) is 24.4 Å². The molecule has 4 heterocycles. The molecule has 0 radical (unpaired) electrons. The second-order valence-corrected chi connectivity index (χ2v) is 10.3.